The maximum atomic E-state index is 13.1. The molecule has 1 aliphatic heterocycles. The molecular formula is C24H27N5O4. The maximum Gasteiger partial charge on any atom is 0.274 e. The largest absolute Gasteiger partial charge is 0.491 e. The molecule has 0 bridgehead atoms. The Morgan fingerprint density at radius 2 is 2.09 bits per heavy atom. The van der Waals surface area contributed by atoms with Gasteiger partial charge in [0.2, 0.25) is 0 Å². The number of nitrogens with one attached hydrogen (secondary N) is 1. The van der Waals surface area contributed by atoms with Crippen LogP contribution in [0.4, 0.5) is 5.69 Å². The highest BCUT2D eigenvalue weighted by Crippen LogP contribution is 2.26. The van der Waals surface area contributed by atoms with Crippen molar-refractivity contribution in [2.75, 3.05) is 38.9 Å². The monoisotopic (exact) mass is 449 g/mol. The molecule has 33 heavy (non-hydrogen) atoms. The Hall–Kier alpha value is -3.43. The zero-order chi connectivity index (χ0) is 22.6. The maximum absolute atomic E-state index is 13.1. The summed E-state index contributed by atoms with van der Waals surface area (Å²) in [7, 11) is 1.63. The number of anilines is 1. The zero-order valence-corrected chi connectivity index (χ0v) is 18.6. The number of pyridine rings is 1. The van der Waals surface area contributed by atoms with Crippen molar-refractivity contribution >= 4 is 28.1 Å². The topological polar surface area (TPSA) is 91.9 Å². The number of rotatable bonds is 8. The van der Waals surface area contributed by atoms with Crippen molar-refractivity contribution in [1.29, 1.82) is 0 Å². The normalized spacial score (nSPS) is 14.7. The predicted molar refractivity (Wildman–Crippen MR) is 124 cm³/mol. The summed E-state index contributed by atoms with van der Waals surface area (Å²) in [6.45, 7) is 3.43. The van der Waals surface area contributed by atoms with Crippen molar-refractivity contribution < 1.29 is 19.0 Å². The van der Waals surface area contributed by atoms with Crippen LogP contribution in [0.3, 0.4) is 0 Å². The molecule has 0 radical (unpaired) electrons. The highest BCUT2D eigenvalue weighted by molar-refractivity contribution is 6.08. The van der Waals surface area contributed by atoms with E-state index in [-0.39, 0.29) is 5.91 Å². The summed E-state index contributed by atoms with van der Waals surface area (Å²) in [5.74, 6) is 1.00. The lowest BCUT2D eigenvalue weighted by atomic mass is 10.0. The fourth-order valence-corrected chi connectivity index (χ4v) is 4.18. The van der Waals surface area contributed by atoms with E-state index >= 15 is 0 Å². The minimum atomic E-state index is -0.236. The molecule has 1 amide bonds. The van der Waals surface area contributed by atoms with Crippen LogP contribution in [0, 0.1) is 5.92 Å². The molecule has 5 rings (SSSR count). The molecule has 1 saturated heterocycles. The first-order valence-corrected chi connectivity index (χ1v) is 11.2. The van der Waals surface area contributed by atoms with E-state index in [4.69, 9.17) is 14.2 Å². The molecule has 1 aromatic carbocycles. The number of hydrogen-bond donors (Lipinski definition) is 1. The fourth-order valence-electron chi connectivity index (χ4n) is 4.18. The molecule has 1 fully saturated rings. The van der Waals surface area contributed by atoms with E-state index in [2.05, 4.69) is 15.4 Å². The summed E-state index contributed by atoms with van der Waals surface area (Å²) in [6, 6.07) is 9.48. The second kappa shape index (κ2) is 9.60. The molecule has 9 heteroatoms. The van der Waals surface area contributed by atoms with Crippen molar-refractivity contribution in [3.63, 3.8) is 0 Å². The molecule has 0 atom stereocenters. The number of imidazole rings is 1. The lowest BCUT2D eigenvalue weighted by molar-refractivity contribution is 0.0605. The van der Waals surface area contributed by atoms with Crippen molar-refractivity contribution in [3.05, 3.63) is 54.6 Å². The number of carbonyl (C=O) groups is 1. The van der Waals surface area contributed by atoms with Crippen LogP contribution in [0.2, 0.25) is 0 Å². The van der Waals surface area contributed by atoms with Gasteiger partial charge >= 0.3 is 0 Å². The molecule has 0 unspecified atom stereocenters. The van der Waals surface area contributed by atoms with E-state index in [1.807, 2.05) is 35.1 Å². The quantitative estimate of drug-likeness (QED) is 0.415. The van der Waals surface area contributed by atoms with Crippen LogP contribution >= 0.6 is 0 Å². The van der Waals surface area contributed by atoms with Gasteiger partial charge in [-0.15, -0.1) is 0 Å². The number of ether oxygens (including phenoxy) is 3. The van der Waals surface area contributed by atoms with E-state index in [1.54, 1.807) is 30.0 Å². The number of nitrogens with zero attached hydrogens (tertiary/aromatic N) is 4. The summed E-state index contributed by atoms with van der Waals surface area (Å²) in [5.41, 5.74) is 2.82. The van der Waals surface area contributed by atoms with Crippen LogP contribution in [-0.2, 0) is 16.0 Å². The number of hydrogen-bond acceptors (Lipinski definition) is 6. The van der Waals surface area contributed by atoms with Crippen LogP contribution in [0.1, 0.15) is 23.3 Å². The molecule has 1 N–H and O–H groups in total. The molecule has 0 spiro atoms. The van der Waals surface area contributed by atoms with Crippen LogP contribution in [0.5, 0.6) is 5.75 Å². The Morgan fingerprint density at radius 3 is 2.94 bits per heavy atom. The highest BCUT2D eigenvalue weighted by atomic mass is 16.5. The Balaban J connectivity index is 1.34. The van der Waals surface area contributed by atoms with Gasteiger partial charge in [0.05, 0.1) is 30.2 Å². The number of amides is 1. The Labute approximate surface area is 191 Å². The first-order valence-electron chi connectivity index (χ1n) is 11.2. The molecule has 0 saturated carbocycles. The second-order valence-corrected chi connectivity index (χ2v) is 8.15. The van der Waals surface area contributed by atoms with Gasteiger partial charge in [0.1, 0.15) is 23.7 Å². The molecule has 1 aliphatic rings. The molecule has 0 aliphatic carbocycles. The van der Waals surface area contributed by atoms with Crippen LogP contribution < -0.4 is 10.1 Å². The number of carbonyl (C=O) groups excluding carboxylic acids is 1. The molecule has 9 nitrogen and oxygen atoms in total. The standard InChI is InChI=1S/C24H27N5O4/c1-31-11-12-33-18-5-8-28-22(15-25-23(28)13-18)24(30)27-20-3-2-4-21-19(20)14-26-29(21)16-17-6-9-32-10-7-17/h2-5,8,13-15,17H,6-7,9-12,16H2,1H3,(H,27,30). The van der Waals surface area contributed by atoms with Gasteiger partial charge in [0.15, 0.2) is 0 Å². The molecule has 4 aromatic rings. The van der Waals surface area contributed by atoms with Gasteiger partial charge in [-0.25, -0.2) is 4.98 Å². The number of benzene rings is 1. The van der Waals surface area contributed by atoms with Crippen LogP contribution in [0.15, 0.2) is 48.9 Å². The van der Waals surface area contributed by atoms with Crippen molar-refractivity contribution in [3.8, 4) is 5.75 Å². The predicted octanol–water partition coefficient (Wildman–Crippen LogP) is 3.39. The average molecular weight is 450 g/mol. The third-order valence-electron chi connectivity index (χ3n) is 5.98. The van der Waals surface area contributed by atoms with E-state index in [0.717, 1.165) is 49.2 Å². The van der Waals surface area contributed by atoms with E-state index in [1.165, 1.54) is 0 Å². The van der Waals surface area contributed by atoms with E-state index in [9.17, 15) is 4.79 Å². The van der Waals surface area contributed by atoms with E-state index in [0.29, 0.717) is 36.2 Å². The Bertz CT molecular complexity index is 1260. The van der Waals surface area contributed by atoms with Gasteiger partial charge < -0.3 is 19.5 Å². The Morgan fingerprint density at radius 1 is 1.21 bits per heavy atom. The molecule has 4 heterocycles. The summed E-state index contributed by atoms with van der Waals surface area (Å²) in [4.78, 5) is 17.5. The third-order valence-corrected chi connectivity index (χ3v) is 5.98. The molecule has 3 aromatic heterocycles. The lowest BCUT2D eigenvalue weighted by Gasteiger charge is -2.22. The van der Waals surface area contributed by atoms with Crippen LogP contribution in [0.25, 0.3) is 16.6 Å². The van der Waals surface area contributed by atoms with Gasteiger partial charge in [0.25, 0.3) is 5.91 Å². The van der Waals surface area contributed by atoms with Gasteiger partial charge in [-0.2, -0.15) is 5.10 Å². The zero-order valence-electron chi connectivity index (χ0n) is 18.6. The van der Waals surface area contributed by atoms with Crippen molar-refractivity contribution in [2.24, 2.45) is 5.92 Å². The minimum Gasteiger partial charge on any atom is -0.491 e. The van der Waals surface area contributed by atoms with Gasteiger partial charge in [-0.05, 0) is 37.0 Å². The molecule has 172 valence electrons. The van der Waals surface area contributed by atoms with Crippen molar-refractivity contribution in [2.45, 2.75) is 19.4 Å². The first-order chi connectivity index (χ1) is 16.2. The summed E-state index contributed by atoms with van der Waals surface area (Å²) in [5, 5.41) is 8.54. The summed E-state index contributed by atoms with van der Waals surface area (Å²) < 4.78 is 19.9. The van der Waals surface area contributed by atoms with Gasteiger partial charge in [0, 0.05) is 44.5 Å². The number of methoxy groups -OCH3 is 1. The number of fused-ring (bicyclic) bond motifs is 2. The fraction of sp³-hybridized carbons (Fsp3) is 0.375. The van der Waals surface area contributed by atoms with Crippen LogP contribution in [-0.4, -0.2) is 58.6 Å². The van der Waals surface area contributed by atoms with Crippen molar-refractivity contribution in [1.82, 2.24) is 19.2 Å². The number of aromatic nitrogens is 4. The second-order valence-electron chi connectivity index (χ2n) is 8.15. The summed E-state index contributed by atoms with van der Waals surface area (Å²) in [6.07, 6.45) is 7.27. The van der Waals surface area contributed by atoms with Gasteiger partial charge in [-0.1, -0.05) is 6.07 Å². The average Bonchev–Trinajstić information content (AvgIpc) is 3.45. The summed E-state index contributed by atoms with van der Waals surface area (Å²) >= 11 is 0. The highest BCUT2D eigenvalue weighted by Gasteiger charge is 2.18. The molecular weight excluding hydrogens is 422 g/mol. The smallest absolute Gasteiger partial charge is 0.274 e. The third kappa shape index (κ3) is 4.55. The SMILES string of the molecule is COCCOc1ccn2c(C(=O)Nc3cccc4c3cnn4CC3CCOCC3)cnc2c1. The first kappa shape index (κ1) is 21.4. The lowest BCUT2D eigenvalue weighted by Crippen LogP contribution is -2.20. The Kier molecular flexibility index (Phi) is 6.23. The minimum absolute atomic E-state index is 0.236. The van der Waals surface area contributed by atoms with E-state index < -0.39 is 0 Å². The van der Waals surface area contributed by atoms with Gasteiger partial charge in [-0.3, -0.25) is 13.9 Å².